The average molecular weight is 550 g/mol. The van der Waals surface area contributed by atoms with Crippen LogP contribution in [-0.2, 0) is 33.9 Å². The Labute approximate surface area is 182 Å². The molecule has 0 saturated carbocycles. The first-order valence-electron chi connectivity index (χ1n) is 8.16. The van der Waals surface area contributed by atoms with Crippen molar-refractivity contribution in [3.05, 3.63) is 12.4 Å². The molecule has 8 nitrogen and oxygen atoms in total. The van der Waals surface area contributed by atoms with Gasteiger partial charge in [-0.05, 0) is 6.42 Å². The van der Waals surface area contributed by atoms with E-state index in [2.05, 4.69) is 20.8 Å². The standard InChI is InChI=1S/C14H13F11O8S/c1-7(15)8(26)33-12(13(21,22)23,9(27)31-6-4-11(18,19)20)32-5-2-3-10(16,17)14(24,25)34(28,29)30/h1-6H2,(H,28,29,30). The van der Waals surface area contributed by atoms with Gasteiger partial charge in [0.05, 0.1) is 13.0 Å². The van der Waals surface area contributed by atoms with Gasteiger partial charge in [0.1, 0.15) is 6.61 Å². The third-order valence-electron chi connectivity index (χ3n) is 3.41. The Balaban J connectivity index is 5.81. The zero-order chi connectivity index (χ0) is 27.4. The Morgan fingerprint density at radius 3 is 1.76 bits per heavy atom. The number of esters is 2. The molecule has 0 aromatic rings. The van der Waals surface area contributed by atoms with Crippen molar-refractivity contribution in [2.45, 2.75) is 48.6 Å². The molecule has 0 aliphatic heterocycles. The van der Waals surface area contributed by atoms with E-state index >= 15 is 0 Å². The van der Waals surface area contributed by atoms with Gasteiger partial charge in [-0.15, -0.1) is 0 Å². The summed E-state index contributed by atoms with van der Waals surface area (Å²) in [7, 11) is -6.70. The molecule has 0 spiro atoms. The van der Waals surface area contributed by atoms with Crippen LogP contribution >= 0.6 is 0 Å². The summed E-state index contributed by atoms with van der Waals surface area (Å²) in [5.41, 5.74) is 0. The zero-order valence-electron chi connectivity index (χ0n) is 16.1. The van der Waals surface area contributed by atoms with Crippen LogP contribution < -0.4 is 0 Å². The van der Waals surface area contributed by atoms with E-state index in [0.717, 1.165) is 0 Å². The molecule has 0 fully saturated rings. The van der Waals surface area contributed by atoms with Gasteiger partial charge in [-0.3, -0.25) is 4.55 Å². The summed E-state index contributed by atoms with van der Waals surface area (Å²) in [6.07, 6.45) is -17.3. The van der Waals surface area contributed by atoms with Crippen molar-refractivity contribution in [2.24, 2.45) is 0 Å². The predicted octanol–water partition coefficient (Wildman–Crippen LogP) is 3.68. The molecule has 1 atom stereocenters. The van der Waals surface area contributed by atoms with Crippen LogP contribution in [0.4, 0.5) is 48.3 Å². The number of ether oxygens (including phenoxy) is 3. The van der Waals surface area contributed by atoms with Crippen molar-refractivity contribution >= 4 is 22.1 Å². The van der Waals surface area contributed by atoms with Gasteiger partial charge in [0.15, 0.2) is 0 Å². The van der Waals surface area contributed by atoms with E-state index in [4.69, 9.17) is 4.55 Å². The smallest absolute Gasteiger partial charge is 0.460 e. The first kappa shape index (κ1) is 31.8. The molecule has 200 valence electrons. The number of carbonyl (C=O) groups excluding carboxylic acids is 2. The molecule has 20 heteroatoms. The van der Waals surface area contributed by atoms with Gasteiger partial charge in [0, 0.05) is 6.42 Å². The van der Waals surface area contributed by atoms with E-state index in [9.17, 15) is 66.3 Å². The number of alkyl halides is 10. The molecular weight excluding hydrogens is 537 g/mol. The molecule has 0 radical (unpaired) electrons. The van der Waals surface area contributed by atoms with Gasteiger partial charge < -0.3 is 14.2 Å². The number of hydrogen-bond acceptors (Lipinski definition) is 7. The highest BCUT2D eigenvalue weighted by Gasteiger charge is 2.68. The van der Waals surface area contributed by atoms with E-state index in [1.807, 2.05) is 0 Å². The summed E-state index contributed by atoms with van der Waals surface area (Å²) in [5, 5.41) is -6.12. The lowest BCUT2D eigenvalue weighted by Gasteiger charge is -2.32. The Morgan fingerprint density at radius 2 is 1.38 bits per heavy atom. The molecule has 34 heavy (non-hydrogen) atoms. The van der Waals surface area contributed by atoms with Crippen LogP contribution in [0.3, 0.4) is 0 Å². The first-order chi connectivity index (χ1) is 14.9. The predicted molar refractivity (Wildman–Crippen MR) is 83.4 cm³/mol. The number of hydrogen-bond donors (Lipinski definition) is 1. The minimum absolute atomic E-state index is 1.67. The lowest BCUT2D eigenvalue weighted by Crippen LogP contribution is -2.58. The Morgan fingerprint density at radius 1 is 0.882 bits per heavy atom. The number of rotatable bonds is 12. The minimum Gasteiger partial charge on any atom is -0.460 e. The Bertz CT molecular complexity index is 866. The Kier molecular flexibility index (Phi) is 9.89. The first-order valence-corrected chi connectivity index (χ1v) is 9.60. The van der Waals surface area contributed by atoms with Gasteiger partial charge >= 0.3 is 51.4 Å². The summed E-state index contributed by atoms with van der Waals surface area (Å²) >= 11 is 0. The van der Waals surface area contributed by atoms with Crippen LogP contribution in [0, 0.1) is 0 Å². The van der Waals surface area contributed by atoms with E-state index in [1.54, 1.807) is 0 Å². The normalized spacial score (nSPS) is 15.4. The molecule has 1 unspecified atom stereocenters. The molecule has 0 rings (SSSR count). The average Bonchev–Trinajstić information content (AvgIpc) is 2.60. The van der Waals surface area contributed by atoms with Crippen molar-refractivity contribution in [1.29, 1.82) is 0 Å². The van der Waals surface area contributed by atoms with Gasteiger partial charge in [0.2, 0.25) is 5.83 Å². The fraction of sp³-hybridized carbons (Fsp3) is 0.714. The minimum atomic E-state index is -6.70. The third-order valence-corrected chi connectivity index (χ3v) is 4.36. The van der Waals surface area contributed by atoms with Crippen molar-refractivity contribution in [2.75, 3.05) is 13.2 Å². The molecule has 0 bridgehead atoms. The van der Waals surface area contributed by atoms with E-state index in [1.165, 1.54) is 0 Å². The lowest BCUT2D eigenvalue weighted by molar-refractivity contribution is -0.355. The highest BCUT2D eigenvalue weighted by molar-refractivity contribution is 7.87. The number of halogens is 11. The van der Waals surface area contributed by atoms with E-state index in [-0.39, 0.29) is 0 Å². The van der Waals surface area contributed by atoms with Gasteiger partial charge in [0.25, 0.3) is 0 Å². The fourth-order valence-electron chi connectivity index (χ4n) is 1.77. The van der Waals surface area contributed by atoms with Gasteiger partial charge in [-0.2, -0.15) is 56.7 Å². The monoisotopic (exact) mass is 550 g/mol. The van der Waals surface area contributed by atoms with Gasteiger partial charge in [-0.25, -0.2) is 9.59 Å². The summed E-state index contributed by atoms with van der Waals surface area (Å²) in [5.74, 6) is -18.6. The van der Waals surface area contributed by atoms with Crippen molar-refractivity contribution in [3.8, 4) is 0 Å². The van der Waals surface area contributed by atoms with Gasteiger partial charge in [-0.1, -0.05) is 6.58 Å². The molecule has 0 aliphatic carbocycles. The van der Waals surface area contributed by atoms with Crippen LogP contribution in [0.25, 0.3) is 0 Å². The molecule has 0 saturated heterocycles. The summed E-state index contributed by atoms with van der Waals surface area (Å²) in [6, 6.07) is 0. The van der Waals surface area contributed by atoms with Crippen LogP contribution in [0.1, 0.15) is 19.3 Å². The molecular formula is C14H13F11O8S. The molecule has 0 aromatic heterocycles. The fourth-order valence-corrected chi connectivity index (χ4v) is 2.25. The third kappa shape index (κ3) is 7.93. The second-order valence-electron chi connectivity index (χ2n) is 6.06. The second-order valence-corrected chi connectivity index (χ2v) is 7.52. The Hall–Kier alpha value is -2.22. The highest BCUT2D eigenvalue weighted by Crippen LogP contribution is 2.42. The maximum atomic E-state index is 13.5. The highest BCUT2D eigenvalue weighted by atomic mass is 32.2. The lowest BCUT2D eigenvalue weighted by atomic mass is 10.2. The van der Waals surface area contributed by atoms with E-state index < -0.39 is 89.7 Å². The van der Waals surface area contributed by atoms with Crippen LogP contribution in [0.2, 0.25) is 0 Å². The molecule has 0 amide bonds. The quantitative estimate of drug-likeness (QED) is 0.0978. The van der Waals surface area contributed by atoms with Crippen molar-refractivity contribution in [3.63, 3.8) is 0 Å². The summed E-state index contributed by atoms with van der Waals surface area (Å²) in [6.45, 7) is -1.48. The van der Waals surface area contributed by atoms with Crippen LogP contribution in [0.5, 0.6) is 0 Å². The van der Waals surface area contributed by atoms with Crippen LogP contribution in [-0.4, -0.2) is 67.4 Å². The van der Waals surface area contributed by atoms with E-state index in [0.29, 0.717) is 0 Å². The topological polar surface area (TPSA) is 116 Å². The molecule has 0 heterocycles. The van der Waals surface area contributed by atoms with Crippen LogP contribution in [0.15, 0.2) is 12.4 Å². The second kappa shape index (κ2) is 10.6. The molecule has 1 N–H and O–H groups in total. The zero-order valence-corrected chi connectivity index (χ0v) is 16.9. The SMILES string of the molecule is C=C(F)C(=O)OC(OCCCC(F)(F)C(F)(F)S(=O)(=O)O)(C(=O)OCCC(F)(F)F)C(F)(F)F. The maximum Gasteiger partial charge on any atom is 0.468 e. The maximum absolute atomic E-state index is 13.5. The molecule has 0 aliphatic rings. The van der Waals surface area contributed by atoms with Crippen molar-refractivity contribution < 1.29 is 85.1 Å². The molecule has 0 aromatic carbocycles. The number of carbonyl (C=O) groups is 2. The largest absolute Gasteiger partial charge is 0.468 e. The summed E-state index contributed by atoms with van der Waals surface area (Å²) in [4.78, 5) is 23.0. The van der Waals surface area contributed by atoms with Crippen molar-refractivity contribution in [1.82, 2.24) is 0 Å². The summed E-state index contributed by atoms with van der Waals surface area (Å²) < 4.78 is 182.